The summed E-state index contributed by atoms with van der Waals surface area (Å²) < 4.78 is 1.09. The Morgan fingerprint density at radius 3 is 2.73 bits per heavy atom. The Balaban J connectivity index is 1.90. The molecule has 80 valence electrons. The van der Waals surface area contributed by atoms with Crippen LogP contribution in [0.4, 0.5) is 0 Å². The van der Waals surface area contributed by atoms with Crippen LogP contribution in [0.25, 0.3) is 0 Å². The van der Waals surface area contributed by atoms with Gasteiger partial charge in [0.05, 0.1) is 5.92 Å². The first-order chi connectivity index (χ1) is 7.16. The third-order valence-corrected chi connectivity index (χ3v) is 3.43. The molecule has 4 heteroatoms. The van der Waals surface area contributed by atoms with Gasteiger partial charge in [-0.15, -0.1) is 0 Å². The summed E-state index contributed by atoms with van der Waals surface area (Å²) in [4.78, 5) is 12.7. The first-order valence-corrected chi connectivity index (χ1v) is 5.64. The number of carbonyl (C=O) groups is 1. The monoisotopic (exact) mass is 269 g/mol. The average molecular weight is 270 g/mol. The van der Waals surface area contributed by atoms with E-state index in [-0.39, 0.29) is 5.92 Å². The van der Waals surface area contributed by atoms with Crippen molar-refractivity contribution in [3.05, 3.63) is 34.3 Å². The molecule has 1 aliphatic heterocycles. The van der Waals surface area contributed by atoms with Crippen LogP contribution in [-0.4, -0.2) is 29.1 Å². The summed E-state index contributed by atoms with van der Waals surface area (Å²) in [5.41, 5.74) is 1.21. The lowest BCUT2D eigenvalue weighted by Crippen LogP contribution is -2.49. The summed E-state index contributed by atoms with van der Waals surface area (Å²) in [7, 11) is 0. The van der Waals surface area contributed by atoms with Crippen molar-refractivity contribution in [2.75, 3.05) is 13.1 Å². The number of hydrogen-bond acceptors (Lipinski definition) is 2. The number of benzene rings is 1. The molecule has 1 saturated heterocycles. The smallest absolute Gasteiger partial charge is 0.309 e. The number of rotatable bonds is 3. The predicted octanol–water partition coefficient (Wildman–Crippen LogP) is 1.97. The van der Waals surface area contributed by atoms with Gasteiger partial charge in [-0.2, -0.15) is 0 Å². The van der Waals surface area contributed by atoms with E-state index in [9.17, 15) is 4.79 Å². The van der Waals surface area contributed by atoms with Gasteiger partial charge < -0.3 is 5.11 Å². The number of hydrogen-bond donors (Lipinski definition) is 1. The molecule has 1 aromatic rings. The Morgan fingerprint density at radius 1 is 1.47 bits per heavy atom. The van der Waals surface area contributed by atoms with E-state index in [1.807, 2.05) is 18.2 Å². The molecule has 2 rings (SSSR count). The summed E-state index contributed by atoms with van der Waals surface area (Å²) in [5.74, 6) is -0.856. The molecule has 0 saturated carbocycles. The van der Waals surface area contributed by atoms with Crippen molar-refractivity contribution in [1.82, 2.24) is 4.90 Å². The van der Waals surface area contributed by atoms with Crippen LogP contribution in [0.5, 0.6) is 0 Å². The molecule has 3 nitrogen and oxygen atoms in total. The normalized spacial score (nSPS) is 17.4. The van der Waals surface area contributed by atoms with E-state index < -0.39 is 5.97 Å². The molecule has 1 aromatic carbocycles. The minimum absolute atomic E-state index is 0.174. The largest absolute Gasteiger partial charge is 0.481 e. The quantitative estimate of drug-likeness (QED) is 0.912. The topological polar surface area (TPSA) is 40.5 Å². The highest BCUT2D eigenvalue weighted by Gasteiger charge is 2.32. The highest BCUT2D eigenvalue weighted by molar-refractivity contribution is 9.10. The fourth-order valence-corrected chi connectivity index (χ4v) is 2.13. The first kappa shape index (κ1) is 10.6. The fourth-order valence-electron chi connectivity index (χ4n) is 1.72. The van der Waals surface area contributed by atoms with Crippen molar-refractivity contribution in [3.8, 4) is 0 Å². The molecule has 1 N–H and O–H groups in total. The third-order valence-electron chi connectivity index (χ3n) is 2.66. The number of halogens is 1. The van der Waals surface area contributed by atoms with E-state index in [2.05, 4.69) is 26.9 Å². The van der Waals surface area contributed by atoms with Gasteiger partial charge >= 0.3 is 5.97 Å². The van der Waals surface area contributed by atoms with Gasteiger partial charge in [-0.25, -0.2) is 0 Å². The Morgan fingerprint density at radius 2 is 2.13 bits per heavy atom. The number of carboxylic acids is 1. The van der Waals surface area contributed by atoms with Crippen molar-refractivity contribution in [2.45, 2.75) is 6.54 Å². The molecule has 0 spiro atoms. The second-order valence-corrected chi connectivity index (χ2v) is 4.67. The summed E-state index contributed by atoms with van der Waals surface area (Å²) in [5, 5.41) is 8.74. The fraction of sp³-hybridized carbons (Fsp3) is 0.364. The van der Waals surface area contributed by atoms with Crippen LogP contribution in [0.3, 0.4) is 0 Å². The summed E-state index contributed by atoms with van der Waals surface area (Å²) >= 11 is 3.48. The SMILES string of the molecule is O=C(O)C1CN(Cc2ccccc2Br)C1. The second kappa shape index (κ2) is 4.33. The maximum absolute atomic E-state index is 10.6. The summed E-state index contributed by atoms with van der Waals surface area (Å²) in [6, 6.07) is 8.03. The molecule has 0 aromatic heterocycles. The van der Waals surface area contributed by atoms with Crippen LogP contribution in [0.2, 0.25) is 0 Å². The average Bonchev–Trinajstić information content (AvgIpc) is 2.12. The molecule has 0 radical (unpaired) electrons. The lowest BCUT2D eigenvalue weighted by molar-refractivity contribution is -0.147. The van der Waals surface area contributed by atoms with Gasteiger partial charge in [-0.1, -0.05) is 34.1 Å². The highest BCUT2D eigenvalue weighted by atomic mass is 79.9. The lowest BCUT2D eigenvalue weighted by atomic mass is 10.00. The van der Waals surface area contributed by atoms with Crippen molar-refractivity contribution < 1.29 is 9.90 Å². The molecular formula is C11H12BrNO2. The van der Waals surface area contributed by atoms with Gasteiger partial charge in [0.25, 0.3) is 0 Å². The zero-order valence-electron chi connectivity index (χ0n) is 8.19. The predicted molar refractivity (Wildman–Crippen MR) is 60.5 cm³/mol. The minimum Gasteiger partial charge on any atom is -0.481 e. The molecule has 1 fully saturated rings. The molecule has 0 aliphatic carbocycles. The Labute approximate surface area is 96.8 Å². The van der Waals surface area contributed by atoms with E-state index in [0.29, 0.717) is 13.1 Å². The Hall–Kier alpha value is -0.870. The van der Waals surface area contributed by atoms with Crippen LogP contribution < -0.4 is 0 Å². The van der Waals surface area contributed by atoms with Crippen molar-refractivity contribution in [1.29, 1.82) is 0 Å². The van der Waals surface area contributed by atoms with Crippen LogP contribution in [0.15, 0.2) is 28.7 Å². The number of carboxylic acid groups (broad SMARTS) is 1. The van der Waals surface area contributed by atoms with Crippen LogP contribution in [-0.2, 0) is 11.3 Å². The molecule has 0 amide bonds. The van der Waals surface area contributed by atoms with E-state index in [1.54, 1.807) is 0 Å². The first-order valence-electron chi connectivity index (χ1n) is 4.85. The molecule has 1 aliphatic rings. The zero-order valence-corrected chi connectivity index (χ0v) is 9.77. The van der Waals surface area contributed by atoms with Crippen molar-refractivity contribution in [2.24, 2.45) is 5.92 Å². The minimum atomic E-state index is -0.682. The third kappa shape index (κ3) is 2.38. The standard InChI is InChI=1S/C11H12BrNO2/c12-10-4-2-1-3-8(10)5-13-6-9(7-13)11(14)15/h1-4,9H,5-7H2,(H,14,15). The van der Waals surface area contributed by atoms with Crippen molar-refractivity contribution >= 4 is 21.9 Å². The highest BCUT2D eigenvalue weighted by Crippen LogP contribution is 2.22. The molecular weight excluding hydrogens is 258 g/mol. The molecule has 0 bridgehead atoms. The van der Waals surface area contributed by atoms with Crippen LogP contribution in [0, 0.1) is 5.92 Å². The Bertz CT molecular complexity index is 375. The van der Waals surface area contributed by atoms with Gasteiger partial charge in [-0.05, 0) is 11.6 Å². The van der Waals surface area contributed by atoms with Crippen LogP contribution in [0.1, 0.15) is 5.56 Å². The van der Waals surface area contributed by atoms with Gasteiger partial charge in [0.15, 0.2) is 0 Å². The molecule has 1 heterocycles. The molecule has 0 unspecified atom stereocenters. The molecule has 15 heavy (non-hydrogen) atoms. The van der Waals surface area contributed by atoms with E-state index in [4.69, 9.17) is 5.11 Å². The lowest BCUT2D eigenvalue weighted by Gasteiger charge is -2.36. The van der Waals surface area contributed by atoms with Crippen LogP contribution >= 0.6 is 15.9 Å². The van der Waals surface area contributed by atoms with Gasteiger partial charge in [0.1, 0.15) is 0 Å². The van der Waals surface area contributed by atoms with E-state index in [0.717, 1.165) is 11.0 Å². The van der Waals surface area contributed by atoms with E-state index >= 15 is 0 Å². The van der Waals surface area contributed by atoms with Gasteiger partial charge in [0, 0.05) is 24.1 Å². The van der Waals surface area contributed by atoms with E-state index in [1.165, 1.54) is 5.56 Å². The van der Waals surface area contributed by atoms with Gasteiger partial charge in [0.2, 0.25) is 0 Å². The van der Waals surface area contributed by atoms with Gasteiger partial charge in [-0.3, -0.25) is 9.69 Å². The second-order valence-electron chi connectivity index (χ2n) is 3.82. The number of nitrogens with zero attached hydrogens (tertiary/aromatic N) is 1. The zero-order chi connectivity index (χ0) is 10.8. The van der Waals surface area contributed by atoms with Crippen molar-refractivity contribution in [3.63, 3.8) is 0 Å². The number of aliphatic carboxylic acids is 1. The maximum Gasteiger partial charge on any atom is 0.309 e. The number of likely N-dealkylation sites (tertiary alicyclic amines) is 1. The Kier molecular flexibility index (Phi) is 3.07. The maximum atomic E-state index is 10.6. The molecule has 0 atom stereocenters. The summed E-state index contributed by atoms with van der Waals surface area (Å²) in [6.45, 7) is 2.15. The summed E-state index contributed by atoms with van der Waals surface area (Å²) in [6.07, 6.45) is 0.